The molecular formula is C24H32IN5O6S. The van der Waals surface area contributed by atoms with Crippen LogP contribution in [0.25, 0.3) is 0 Å². The van der Waals surface area contributed by atoms with Gasteiger partial charge in [0.2, 0.25) is 5.91 Å². The highest BCUT2D eigenvalue weighted by molar-refractivity contribution is 14.0. The Labute approximate surface area is 236 Å². The number of hydrogen-bond acceptors (Lipinski definition) is 8. The lowest BCUT2D eigenvalue weighted by Gasteiger charge is -2.49. The second-order valence-corrected chi connectivity index (χ2v) is 10.4. The number of halogens is 1. The number of carboxylic acids is 1. The van der Waals surface area contributed by atoms with Crippen molar-refractivity contribution in [3.63, 3.8) is 0 Å². The minimum Gasteiger partial charge on any atom is -0.543 e. The number of nitrogens with zero attached hydrogens (tertiary/aromatic N) is 2. The van der Waals surface area contributed by atoms with Crippen LogP contribution in [0.3, 0.4) is 0 Å². The molecule has 0 bridgehead atoms. The highest BCUT2D eigenvalue weighted by atomic mass is 127. The molecule has 2 aliphatic heterocycles. The summed E-state index contributed by atoms with van der Waals surface area (Å²) >= 11 is 1.42. The fourth-order valence-electron chi connectivity index (χ4n) is 3.60. The number of carboxylic acid groups (broad SMARTS) is 1. The molecule has 4 N–H and O–H groups in total. The molecule has 1 fully saturated rings. The predicted octanol–water partition coefficient (Wildman–Crippen LogP) is 0.0393. The highest BCUT2D eigenvalue weighted by Gasteiger charge is 2.49. The van der Waals surface area contributed by atoms with Crippen LogP contribution in [0.2, 0.25) is 0 Å². The first kappa shape index (κ1) is 30.6. The summed E-state index contributed by atoms with van der Waals surface area (Å²) in [7, 11) is 0. The molecule has 11 nitrogen and oxygen atoms in total. The van der Waals surface area contributed by atoms with E-state index in [2.05, 4.69) is 10.6 Å². The predicted molar refractivity (Wildman–Crippen MR) is 145 cm³/mol. The van der Waals surface area contributed by atoms with Gasteiger partial charge < -0.3 is 31.0 Å². The molecule has 0 radical (unpaired) electrons. The van der Waals surface area contributed by atoms with E-state index in [0.29, 0.717) is 42.9 Å². The van der Waals surface area contributed by atoms with Crippen molar-refractivity contribution in [2.24, 2.45) is 5.73 Å². The molecule has 1 saturated heterocycles. The first-order valence-electron chi connectivity index (χ1n) is 11.5. The van der Waals surface area contributed by atoms with Gasteiger partial charge in [0.1, 0.15) is 17.0 Å². The lowest BCUT2D eigenvalue weighted by Crippen LogP contribution is -2.69. The number of β-lactam (4-membered cyclic amide) rings is 1. The van der Waals surface area contributed by atoms with Gasteiger partial charge in [-0.2, -0.15) is 0 Å². The van der Waals surface area contributed by atoms with Gasteiger partial charge in [0.15, 0.2) is 18.9 Å². The summed E-state index contributed by atoms with van der Waals surface area (Å²) in [5.41, 5.74) is 6.04. The van der Waals surface area contributed by atoms with Crippen LogP contribution in [0.4, 0.5) is 4.79 Å². The molecule has 3 heterocycles. The third kappa shape index (κ3) is 8.17. The van der Waals surface area contributed by atoms with Crippen LogP contribution in [0, 0.1) is 0 Å². The van der Waals surface area contributed by atoms with Gasteiger partial charge in [-0.3, -0.25) is 14.5 Å². The third-order valence-corrected chi connectivity index (χ3v) is 6.65. The van der Waals surface area contributed by atoms with E-state index in [4.69, 9.17) is 10.5 Å². The van der Waals surface area contributed by atoms with E-state index >= 15 is 0 Å². The maximum atomic E-state index is 12.3. The Hall–Kier alpha value is -2.65. The maximum absolute atomic E-state index is 12.3. The van der Waals surface area contributed by atoms with Crippen molar-refractivity contribution >= 4 is 59.6 Å². The van der Waals surface area contributed by atoms with Gasteiger partial charge in [-0.25, -0.2) is 9.36 Å². The Morgan fingerprint density at radius 2 is 1.89 bits per heavy atom. The van der Waals surface area contributed by atoms with Crippen LogP contribution in [0.15, 0.2) is 47.9 Å². The van der Waals surface area contributed by atoms with Gasteiger partial charge in [-0.05, 0) is 38.8 Å². The Morgan fingerprint density at radius 1 is 1.24 bits per heavy atom. The zero-order chi connectivity index (χ0) is 26.5. The molecule has 3 amide bonds. The van der Waals surface area contributed by atoms with Crippen molar-refractivity contribution in [3.8, 4) is 0 Å². The summed E-state index contributed by atoms with van der Waals surface area (Å²) in [5, 5.41) is 16.7. The standard InChI is InChI=1S/C24H31N5O6S.HI/c1-24(2,3)35-23(34)27-10-5-9-26-19(30)15-7-12-28(13-8-15)11-4-6-16-14-36-21-17(25)20(31)29(21)18(16)22(32)33;/h4,6-8,12-13,17,21H,5,9-11,14,25H2,1-3H3,(H2-,26,27,30,32,33,34);1H/t17-,21-;/m1./s1. The van der Waals surface area contributed by atoms with Crippen LogP contribution in [-0.2, 0) is 20.9 Å². The average molecular weight is 646 g/mol. The van der Waals surface area contributed by atoms with Gasteiger partial charge in [0.25, 0.3) is 5.91 Å². The molecule has 1 aromatic rings. The molecule has 0 saturated carbocycles. The summed E-state index contributed by atoms with van der Waals surface area (Å²) in [6, 6.07) is 2.67. The molecule has 2 aliphatic rings. The number of hydrogen-bond donors (Lipinski definition) is 3. The number of aromatic nitrogens is 1. The number of pyridine rings is 1. The van der Waals surface area contributed by atoms with Crippen LogP contribution in [0.5, 0.6) is 0 Å². The monoisotopic (exact) mass is 645 g/mol. The smallest absolute Gasteiger partial charge is 0.407 e. The molecular weight excluding hydrogens is 613 g/mol. The van der Waals surface area contributed by atoms with Crippen molar-refractivity contribution in [1.82, 2.24) is 15.5 Å². The SMILES string of the molecule is CC(C)(C)OC(=O)NCCCNC(=O)c1cc[n+](CC=CC2=C(C(=O)[O-])N3C(=O)[C@@H](N)[C@H]3SC2)cc1.I. The molecule has 0 spiro atoms. The minimum atomic E-state index is -1.40. The number of rotatable bonds is 9. The summed E-state index contributed by atoms with van der Waals surface area (Å²) in [5.74, 6) is -1.63. The van der Waals surface area contributed by atoms with Crippen LogP contribution < -0.4 is 26.0 Å². The van der Waals surface area contributed by atoms with Gasteiger partial charge >= 0.3 is 6.09 Å². The van der Waals surface area contributed by atoms with Gasteiger partial charge in [0.05, 0.1) is 17.2 Å². The number of fused-ring (bicyclic) bond motifs is 1. The molecule has 3 rings (SSSR count). The third-order valence-electron chi connectivity index (χ3n) is 5.33. The number of aliphatic carboxylic acids is 1. The van der Waals surface area contributed by atoms with Crippen molar-refractivity contribution in [2.75, 3.05) is 18.8 Å². The lowest BCUT2D eigenvalue weighted by molar-refractivity contribution is -0.687. The fourth-order valence-corrected chi connectivity index (χ4v) is 4.87. The fraction of sp³-hybridized carbons (Fsp3) is 0.458. The Kier molecular flexibility index (Phi) is 10.9. The second kappa shape index (κ2) is 13.2. The highest BCUT2D eigenvalue weighted by Crippen LogP contribution is 2.39. The largest absolute Gasteiger partial charge is 0.543 e. The van der Waals surface area contributed by atoms with Crippen molar-refractivity contribution in [2.45, 2.75) is 50.8 Å². The Morgan fingerprint density at radius 3 is 2.51 bits per heavy atom. The van der Waals surface area contributed by atoms with Crippen LogP contribution >= 0.6 is 35.7 Å². The number of carbonyl (C=O) groups is 4. The molecule has 37 heavy (non-hydrogen) atoms. The Bertz CT molecular complexity index is 1090. The zero-order valence-corrected chi connectivity index (χ0v) is 24.0. The molecule has 0 aliphatic carbocycles. The molecule has 13 heteroatoms. The molecule has 0 unspecified atom stereocenters. The van der Waals surface area contributed by atoms with E-state index in [-0.39, 0.29) is 41.0 Å². The summed E-state index contributed by atoms with van der Waals surface area (Å²) in [6.45, 7) is 6.57. The van der Waals surface area contributed by atoms with E-state index in [0.717, 1.165) is 0 Å². The topological polar surface area (TPSA) is 158 Å². The number of carbonyl (C=O) groups excluding carboxylic acids is 4. The number of alkyl carbamates (subject to hydrolysis) is 1. The number of ether oxygens (including phenoxy) is 1. The van der Waals surface area contributed by atoms with Crippen molar-refractivity contribution < 1.29 is 33.6 Å². The van der Waals surface area contributed by atoms with Crippen molar-refractivity contribution in [1.29, 1.82) is 0 Å². The number of nitrogens with two attached hydrogens (primary N) is 1. The van der Waals surface area contributed by atoms with E-state index in [1.807, 2.05) is 4.57 Å². The van der Waals surface area contributed by atoms with E-state index in [9.17, 15) is 24.3 Å². The second-order valence-electron chi connectivity index (χ2n) is 9.32. The molecule has 2 atom stereocenters. The van der Waals surface area contributed by atoms with E-state index < -0.39 is 29.6 Å². The minimum absolute atomic E-state index is 0. The molecule has 202 valence electrons. The van der Waals surface area contributed by atoms with Gasteiger partial charge in [-0.1, -0.05) is 6.08 Å². The van der Waals surface area contributed by atoms with Crippen LogP contribution in [0.1, 0.15) is 37.6 Å². The van der Waals surface area contributed by atoms with Gasteiger partial charge in [0, 0.05) is 31.0 Å². The quantitative estimate of drug-likeness (QED) is 0.147. The number of amides is 3. The van der Waals surface area contributed by atoms with E-state index in [1.165, 1.54) is 16.7 Å². The van der Waals surface area contributed by atoms with Crippen LogP contribution in [-0.4, -0.2) is 64.6 Å². The molecule has 0 aromatic carbocycles. The van der Waals surface area contributed by atoms with E-state index in [1.54, 1.807) is 57.4 Å². The van der Waals surface area contributed by atoms with Gasteiger partial charge in [-0.15, -0.1) is 35.7 Å². The summed E-state index contributed by atoms with van der Waals surface area (Å²) in [4.78, 5) is 48.7. The number of nitrogens with one attached hydrogen (secondary N) is 2. The summed E-state index contributed by atoms with van der Waals surface area (Å²) in [6.07, 6.45) is 6.99. The summed E-state index contributed by atoms with van der Waals surface area (Å²) < 4.78 is 6.97. The normalized spacial score (nSPS) is 19.0. The lowest BCUT2D eigenvalue weighted by atomic mass is 10.0. The zero-order valence-electron chi connectivity index (χ0n) is 20.9. The first-order chi connectivity index (χ1) is 17.0. The average Bonchev–Trinajstić information content (AvgIpc) is 2.81. The van der Waals surface area contributed by atoms with Crippen molar-refractivity contribution in [3.05, 3.63) is 53.5 Å². The number of thioether (sulfide) groups is 1. The maximum Gasteiger partial charge on any atom is 0.407 e. The molecule has 1 aromatic heterocycles. The number of allylic oxidation sites excluding steroid dienone is 2. The Balaban J connectivity index is 0.00000481. The first-order valence-corrected chi connectivity index (χ1v) is 12.6.